The van der Waals surface area contributed by atoms with Crippen LogP contribution < -0.4 is 5.32 Å². The zero-order valence-electron chi connectivity index (χ0n) is 11.0. The lowest BCUT2D eigenvalue weighted by atomic mass is 10.1. The highest BCUT2D eigenvalue weighted by Gasteiger charge is 2.20. The summed E-state index contributed by atoms with van der Waals surface area (Å²) in [5, 5.41) is 4.70. The third kappa shape index (κ3) is 1.93. The Morgan fingerprint density at radius 1 is 1.22 bits per heavy atom. The number of benzene rings is 1. The maximum Gasteiger partial charge on any atom is 0.0988 e. The summed E-state index contributed by atoms with van der Waals surface area (Å²) < 4.78 is 5.95. The van der Waals surface area contributed by atoms with Crippen LogP contribution in [0.2, 0.25) is 0 Å². The molecule has 0 bridgehead atoms. The Labute approximate surface area is 108 Å². The molecule has 0 radical (unpaired) electrons. The summed E-state index contributed by atoms with van der Waals surface area (Å²) in [4.78, 5) is 3.58. The molecule has 2 heterocycles. The Morgan fingerprint density at radius 2 is 2.11 bits per heavy atom. The second-order valence-corrected chi connectivity index (χ2v) is 5.06. The van der Waals surface area contributed by atoms with E-state index in [1.54, 1.807) is 0 Å². The molecule has 1 atom stereocenters. The van der Waals surface area contributed by atoms with Gasteiger partial charge in [0.2, 0.25) is 0 Å². The van der Waals surface area contributed by atoms with Gasteiger partial charge in [0, 0.05) is 23.1 Å². The van der Waals surface area contributed by atoms with E-state index in [-0.39, 0.29) is 6.10 Å². The molecule has 2 aromatic rings. The maximum atomic E-state index is 5.95. The van der Waals surface area contributed by atoms with Crippen molar-refractivity contribution in [1.29, 1.82) is 0 Å². The van der Waals surface area contributed by atoms with Crippen molar-refractivity contribution >= 4 is 10.9 Å². The van der Waals surface area contributed by atoms with Gasteiger partial charge in [0.15, 0.2) is 0 Å². The van der Waals surface area contributed by atoms with Crippen molar-refractivity contribution in [3.05, 3.63) is 35.0 Å². The molecule has 1 aliphatic rings. The molecule has 2 N–H and O–H groups in total. The standard InChI is InChI=1S/C15H20N2O/c1-10-4-3-5-12-11(2)15(17-14(10)12)13-6-7-16-8-9-18-13/h3-5,13,16-17H,6-9H2,1-2H3. The van der Waals surface area contributed by atoms with Gasteiger partial charge in [-0.3, -0.25) is 0 Å². The molecule has 0 aliphatic carbocycles. The van der Waals surface area contributed by atoms with Crippen molar-refractivity contribution < 1.29 is 4.74 Å². The molecule has 1 unspecified atom stereocenters. The predicted octanol–water partition coefficient (Wildman–Crippen LogP) is 2.84. The van der Waals surface area contributed by atoms with Crippen molar-refractivity contribution in [2.45, 2.75) is 26.4 Å². The van der Waals surface area contributed by atoms with Gasteiger partial charge in [0.05, 0.1) is 12.7 Å². The Kier molecular flexibility index (Phi) is 3.10. The molecule has 1 fully saturated rings. The van der Waals surface area contributed by atoms with Crippen LogP contribution in [0, 0.1) is 13.8 Å². The largest absolute Gasteiger partial charge is 0.371 e. The fourth-order valence-corrected chi connectivity index (χ4v) is 2.78. The zero-order chi connectivity index (χ0) is 12.5. The lowest BCUT2D eigenvalue weighted by molar-refractivity contribution is 0.0615. The van der Waals surface area contributed by atoms with Crippen LogP contribution in [0.3, 0.4) is 0 Å². The fraction of sp³-hybridized carbons (Fsp3) is 0.467. The number of ether oxygens (including phenoxy) is 1. The first-order valence-corrected chi connectivity index (χ1v) is 6.67. The van der Waals surface area contributed by atoms with Crippen LogP contribution in [-0.4, -0.2) is 24.7 Å². The van der Waals surface area contributed by atoms with Gasteiger partial charge in [-0.25, -0.2) is 0 Å². The summed E-state index contributed by atoms with van der Waals surface area (Å²) in [6.45, 7) is 7.11. The van der Waals surface area contributed by atoms with Crippen LogP contribution in [0.4, 0.5) is 0 Å². The van der Waals surface area contributed by atoms with Crippen LogP contribution in [-0.2, 0) is 4.74 Å². The van der Waals surface area contributed by atoms with E-state index in [1.807, 2.05) is 0 Å². The van der Waals surface area contributed by atoms with E-state index in [2.05, 4.69) is 42.3 Å². The van der Waals surface area contributed by atoms with Crippen LogP contribution in [0.5, 0.6) is 0 Å². The van der Waals surface area contributed by atoms with Crippen molar-refractivity contribution in [3.8, 4) is 0 Å². The molecule has 96 valence electrons. The highest BCUT2D eigenvalue weighted by atomic mass is 16.5. The van der Waals surface area contributed by atoms with Gasteiger partial charge in [0.25, 0.3) is 0 Å². The van der Waals surface area contributed by atoms with Crippen LogP contribution in [0.1, 0.15) is 29.3 Å². The predicted molar refractivity (Wildman–Crippen MR) is 74.0 cm³/mol. The number of para-hydroxylation sites is 1. The summed E-state index contributed by atoms with van der Waals surface area (Å²) in [7, 11) is 0. The summed E-state index contributed by atoms with van der Waals surface area (Å²) >= 11 is 0. The van der Waals surface area contributed by atoms with Crippen molar-refractivity contribution in [2.75, 3.05) is 19.7 Å². The summed E-state index contributed by atoms with van der Waals surface area (Å²) in [6.07, 6.45) is 1.24. The maximum absolute atomic E-state index is 5.95. The molecule has 1 saturated heterocycles. The Bertz CT molecular complexity index is 551. The lowest BCUT2D eigenvalue weighted by Crippen LogP contribution is -2.16. The number of aryl methyl sites for hydroxylation is 2. The monoisotopic (exact) mass is 244 g/mol. The van der Waals surface area contributed by atoms with E-state index in [4.69, 9.17) is 4.74 Å². The number of fused-ring (bicyclic) bond motifs is 1. The highest BCUT2D eigenvalue weighted by molar-refractivity contribution is 5.87. The first-order valence-electron chi connectivity index (χ1n) is 6.67. The minimum Gasteiger partial charge on any atom is -0.371 e. The zero-order valence-corrected chi connectivity index (χ0v) is 11.0. The average molecular weight is 244 g/mol. The Balaban J connectivity index is 2.06. The number of hydrogen-bond acceptors (Lipinski definition) is 2. The van der Waals surface area contributed by atoms with E-state index in [9.17, 15) is 0 Å². The topological polar surface area (TPSA) is 37.0 Å². The van der Waals surface area contributed by atoms with Crippen LogP contribution >= 0.6 is 0 Å². The van der Waals surface area contributed by atoms with Gasteiger partial charge in [-0.1, -0.05) is 18.2 Å². The normalized spacial score (nSPS) is 21.1. The minimum absolute atomic E-state index is 0.201. The average Bonchev–Trinajstić information content (AvgIpc) is 2.57. The van der Waals surface area contributed by atoms with E-state index >= 15 is 0 Å². The number of aromatic nitrogens is 1. The van der Waals surface area contributed by atoms with E-state index in [0.29, 0.717) is 0 Å². The molecular weight excluding hydrogens is 224 g/mol. The molecule has 1 aliphatic heterocycles. The minimum atomic E-state index is 0.201. The molecule has 3 nitrogen and oxygen atoms in total. The highest BCUT2D eigenvalue weighted by Crippen LogP contribution is 2.31. The lowest BCUT2D eigenvalue weighted by Gasteiger charge is -2.14. The smallest absolute Gasteiger partial charge is 0.0988 e. The van der Waals surface area contributed by atoms with E-state index in [0.717, 1.165) is 26.1 Å². The fourth-order valence-electron chi connectivity index (χ4n) is 2.78. The Morgan fingerprint density at radius 3 is 2.94 bits per heavy atom. The molecule has 3 heteroatoms. The van der Waals surface area contributed by atoms with Gasteiger partial charge in [0.1, 0.15) is 0 Å². The molecule has 0 saturated carbocycles. The number of nitrogens with one attached hydrogen (secondary N) is 2. The number of H-pyrrole nitrogens is 1. The quantitative estimate of drug-likeness (QED) is 0.809. The van der Waals surface area contributed by atoms with Gasteiger partial charge < -0.3 is 15.0 Å². The van der Waals surface area contributed by atoms with Crippen LogP contribution in [0.25, 0.3) is 10.9 Å². The summed E-state index contributed by atoms with van der Waals surface area (Å²) in [5.74, 6) is 0. The van der Waals surface area contributed by atoms with Crippen molar-refractivity contribution in [3.63, 3.8) is 0 Å². The molecule has 0 spiro atoms. The number of hydrogen-bond donors (Lipinski definition) is 2. The molecular formula is C15H20N2O. The third-order valence-corrected chi connectivity index (χ3v) is 3.84. The molecule has 18 heavy (non-hydrogen) atoms. The van der Waals surface area contributed by atoms with Crippen molar-refractivity contribution in [1.82, 2.24) is 10.3 Å². The first kappa shape index (κ1) is 11.8. The van der Waals surface area contributed by atoms with Gasteiger partial charge in [-0.05, 0) is 37.9 Å². The van der Waals surface area contributed by atoms with Gasteiger partial charge >= 0.3 is 0 Å². The number of rotatable bonds is 1. The van der Waals surface area contributed by atoms with E-state index < -0.39 is 0 Å². The second-order valence-electron chi connectivity index (χ2n) is 5.06. The first-order chi connectivity index (χ1) is 8.77. The molecule has 1 aromatic carbocycles. The van der Waals surface area contributed by atoms with Gasteiger partial charge in [-0.2, -0.15) is 0 Å². The summed E-state index contributed by atoms with van der Waals surface area (Å²) in [5.41, 5.74) is 5.14. The SMILES string of the molecule is Cc1c(C2CCNCCO2)[nH]c2c(C)cccc12. The molecule has 3 rings (SSSR count). The van der Waals surface area contributed by atoms with E-state index in [1.165, 1.54) is 27.7 Å². The Hall–Kier alpha value is -1.32. The van der Waals surface area contributed by atoms with Crippen molar-refractivity contribution in [2.24, 2.45) is 0 Å². The van der Waals surface area contributed by atoms with Crippen LogP contribution in [0.15, 0.2) is 18.2 Å². The second kappa shape index (κ2) is 4.75. The summed E-state index contributed by atoms with van der Waals surface area (Å²) in [6, 6.07) is 6.46. The molecule has 0 amide bonds. The molecule has 1 aromatic heterocycles. The number of aromatic amines is 1. The van der Waals surface area contributed by atoms with Gasteiger partial charge in [-0.15, -0.1) is 0 Å². The third-order valence-electron chi connectivity index (χ3n) is 3.84.